The lowest BCUT2D eigenvalue weighted by molar-refractivity contribution is 1.07. The van der Waals surface area contributed by atoms with Crippen LogP contribution >= 0.6 is 11.3 Å². The van der Waals surface area contributed by atoms with Crippen LogP contribution in [0.3, 0.4) is 0 Å². The van der Waals surface area contributed by atoms with Gasteiger partial charge in [0.2, 0.25) is 0 Å². The molecule has 8 aromatic carbocycles. The first kappa shape index (κ1) is 23.6. The summed E-state index contributed by atoms with van der Waals surface area (Å²) in [7, 11) is 0. The number of fused-ring (bicyclic) bond motifs is 7. The third kappa shape index (κ3) is 5.01. The topological polar surface area (TPSA) is 43.6 Å². The minimum Gasteiger partial charge on any atom is -0.308 e. The Balaban J connectivity index is 1.26. The zero-order chi connectivity index (χ0) is 42.6. The predicted molar refractivity (Wildman–Crippen MR) is 226 cm³/mol. The summed E-state index contributed by atoms with van der Waals surface area (Å²) in [6, 6.07) is 40.2. The van der Waals surface area contributed by atoms with Crippen molar-refractivity contribution in [3.8, 4) is 51.0 Å². The average molecular weight is 715 g/mol. The number of aromatic nitrogens is 4. The zero-order valence-corrected chi connectivity index (χ0v) is 29.2. The average Bonchev–Trinajstić information content (AvgIpc) is 3.88. The summed E-state index contributed by atoms with van der Waals surface area (Å²) in [5, 5.41) is 4.33. The molecule has 0 bridgehead atoms. The Morgan fingerprint density at radius 2 is 1.04 bits per heavy atom. The molecular formula is C49H30N4S. The van der Waals surface area contributed by atoms with E-state index in [4.69, 9.17) is 23.2 Å². The number of hydrogen-bond donors (Lipinski definition) is 0. The van der Waals surface area contributed by atoms with Crippen LogP contribution in [0.2, 0.25) is 0 Å². The summed E-state index contributed by atoms with van der Waals surface area (Å²) in [5.41, 5.74) is 3.91. The highest BCUT2D eigenvalue weighted by Gasteiger charge is 2.20. The van der Waals surface area contributed by atoms with Crippen molar-refractivity contribution in [1.29, 1.82) is 0 Å². The molecule has 0 spiro atoms. The summed E-state index contributed by atoms with van der Waals surface area (Å²) in [4.78, 5) is 15.2. The Bertz CT molecular complexity index is 3620. The van der Waals surface area contributed by atoms with Crippen molar-refractivity contribution in [2.75, 3.05) is 0 Å². The van der Waals surface area contributed by atoms with Gasteiger partial charge < -0.3 is 4.57 Å². The molecule has 4 nitrogen and oxygen atoms in total. The highest BCUT2D eigenvalue weighted by Crippen LogP contribution is 2.40. The first-order valence-electron chi connectivity index (χ1n) is 21.5. The third-order valence-corrected chi connectivity index (χ3v) is 11.0. The Hall–Kier alpha value is -6.95. The van der Waals surface area contributed by atoms with Crippen LogP contribution in [0, 0.1) is 0 Å². The van der Waals surface area contributed by atoms with Crippen molar-refractivity contribution >= 4 is 64.1 Å². The summed E-state index contributed by atoms with van der Waals surface area (Å²) in [6.07, 6.45) is 0. The minimum atomic E-state index is -0.510. The number of thiophene rings is 1. The summed E-state index contributed by atoms with van der Waals surface area (Å²) < 4.78 is 75.4. The van der Waals surface area contributed by atoms with E-state index in [1.807, 2.05) is 103 Å². The Morgan fingerprint density at radius 3 is 1.85 bits per heavy atom. The molecule has 0 saturated carbocycles. The standard InChI is InChI=1S/C49H30N4S/c1-2-13-32(14-3-1)47-50-48(36-25-26-40-39-18-8-11-21-45(39)54-46(40)30-36)52-49(51-47)41-27-24-35(34-23-22-31-12-4-5-15-33(31)28-34)29-44(41)53-42-19-9-6-16-37(42)38-17-7-10-20-43(38)53/h1-30H/i6D,7D,9D,10D,16D,17D,19D,20D. The van der Waals surface area contributed by atoms with Gasteiger partial charge >= 0.3 is 0 Å². The lowest BCUT2D eigenvalue weighted by Crippen LogP contribution is -2.04. The molecule has 5 heteroatoms. The molecule has 0 fully saturated rings. The highest BCUT2D eigenvalue weighted by atomic mass is 32.1. The molecule has 11 rings (SSSR count). The van der Waals surface area contributed by atoms with Crippen LogP contribution < -0.4 is 0 Å². The van der Waals surface area contributed by atoms with Crippen molar-refractivity contribution < 1.29 is 11.0 Å². The van der Waals surface area contributed by atoms with Gasteiger partial charge in [-0.05, 0) is 64.3 Å². The van der Waals surface area contributed by atoms with Gasteiger partial charge in [-0.3, -0.25) is 0 Å². The molecule has 0 aliphatic heterocycles. The highest BCUT2D eigenvalue weighted by molar-refractivity contribution is 7.25. The second-order valence-corrected chi connectivity index (χ2v) is 14.1. The van der Waals surface area contributed by atoms with Crippen molar-refractivity contribution in [2.24, 2.45) is 0 Å². The SMILES string of the molecule is [2H]c1c([2H])c([2H])c2c(c1[2H])c1c([2H])c([2H])c([2H])c([2H])c1n2-c1cc(-c2ccc3ccccc3c2)ccc1-c1nc(-c2ccccc2)nc(-c2ccc3c(c2)sc2ccccc23)n1. The van der Waals surface area contributed by atoms with E-state index >= 15 is 0 Å². The van der Waals surface area contributed by atoms with Crippen molar-refractivity contribution in [3.63, 3.8) is 0 Å². The van der Waals surface area contributed by atoms with Gasteiger partial charge in [0, 0.05) is 47.6 Å². The van der Waals surface area contributed by atoms with Crippen molar-refractivity contribution in [2.45, 2.75) is 0 Å². The zero-order valence-electron chi connectivity index (χ0n) is 36.4. The fourth-order valence-electron chi connectivity index (χ4n) is 7.32. The van der Waals surface area contributed by atoms with Gasteiger partial charge in [-0.15, -0.1) is 11.3 Å². The maximum Gasteiger partial charge on any atom is 0.166 e. The molecule has 0 unspecified atom stereocenters. The number of nitrogens with zero attached hydrogens (tertiary/aromatic N) is 4. The van der Waals surface area contributed by atoms with E-state index < -0.39 is 48.3 Å². The first-order chi connectivity index (χ1) is 30.1. The first-order valence-corrected chi connectivity index (χ1v) is 18.3. The van der Waals surface area contributed by atoms with Gasteiger partial charge in [-0.1, -0.05) is 139 Å². The van der Waals surface area contributed by atoms with Crippen molar-refractivity contribution in [1.82, 2.24) is 19.5 Å². The molecule has 0 amide bonds. The van der Waals surface area contributed by atoms with Crippen LogP contribution in [0.1, 0.15) is 11.0 Å². The Labute approximate surface area is 326 Å². The molecule has 3 aromatic heterocycles. The van der Waals surface area contributed by atoms with Gasteiger partial charge in [0.25, 0.3) is 0 Å². The maximum atomic E-state index is 9.31. The molecule has 3 heterocycles. The van der Waals surface area contributed by atoms with Crippen LogP contribution in [0.5, 0.6) is 0 Å². The molecule has 54 heavy (non-hydrogen) atoms. The maximum absolute atomic E-state index is 9.31. The summed E-state index contributed by atoms with van der Waals surface area (Å²) in [5.74, 6) is 1.06. The van der Waals surface area contributed by atoms with Gasteiger partial charge in [0.15, 0.2) is 17.5 Å². The molecule has 11 aromatic rings. The molecule has 252 valence electrons. The third-order valence-electron chi connectivity index (χ3n) is 9.90. The lowest BCUT2D eigenvalue weighted by atomic mass is 9.98. The Morgan fingerprint density at radius 1 is 0.426 bits per heavy atom. The van der Waals surface area contributed by atoms with E-state index in [0.29, 0.717) is 22.9 Å². The minimum absolute atomic E-state index is 0.00249. The van der Waals surface area contributed by atoms with E-state index in [0.717, 1.165) is 43.1 Å². The van der Waals surface area contributed by atoms with Crippen LogP contribution in [0.25, 0.3) is 104 Å². The second kappa shape index (κ2) is 12.3. The Kier molecular flexibility index (Phi) is 5.39. The quantitative estimate of drug-likeness (QED) is 0.178. The van der Waals surface area contributed by atoms with Crippen LogP contribution in [-0.4, -0.2) is 19.5 Å². The molecule has 0 saturated heterocycles. The van der Waals surface area contributed by atoms with Crippen LogP contribution in [0.15, 0.2) is 182 Å². The van der Waals surface area contributed by atoms with Crippen LogP contribution in [0.4, 0.5) is 0 Å². The van der Waals surface area contributed by atoms with E-state index in [9.17, 15) is 2.74 Å². The fraction of sp³-hybridized carbons (Fsp3) is 0. The fourth-order valence-corrected chi connectivity index (χ4v) is 8.47. The molecule has 0 atom stereocenters. The molecule has 0 aliphatic rings. The van der Waals surface area contributed by atoms with E-state index in [-0.39, 0.29) is 27.6 Å². The molecule has 0 N–H and O–H groups in total. The van der Waals surface area contributed by atoms with Gasteiger partial charge in [-0.25, -0.2) is 15.0 Å². The van der Waals surface area contributed by atoms with Gasteiger partial charge in [0.1, 0.15) is 0 Å². The lowest BCUT2D eigenvalue weighted by Gasteiger charge is -2.16. The second-order valence-electron chi connectivity index (χ2n) is 13.1. The van der Waals surface area contributed by atoms with Crippen LogP contribution in [-0.2, 0) is 0 Å². The van der Waals surface area contributed by atoms with E-state index in [2.05, 4.69) is 30.3 Å². The smallest absolute Gasteiger partial charge is 0.166 e. The largest absolute Gasteiger partial charge is 0.308 e. The molecular weight excluding hydrogens is 677 g/mol. The normalized spacial score (nSPS) is 13.8. The predicted octanol–water partition coefficient (Wildman–Crippen LogP) is 13.2. The number of hydrogen-bond acceptors (Lipinski definition) is 4. The van der Waals surface area contributed by atoms with E-state index in [1.165, 1.54) is 14.7 Å². The van der Waals surface area contributed by atoms with Gasteiger partial charge in [0.05, 0.1) is 27.7 Å². The van der Waals surface area contributed by atoms with Gasteiger partial charge in [-0.2, -0.15) is 0 Å². The molecule has 0 aliphatic carbocycles. The van der Waals surface area contributed by atoms with E-state index in [1.54, 1.807) is 11.3 Å². The number of rotatable bonds is 5. The number of para-hydroxylation sites is 2. The molecule has 0 radical (unpaired) electrons. The summed E-state index contributed by atoms with van der Waals surface area (Å²) >= 11 is 1.69. The summed E-state index contributed by atoms with van der Waals surface area (Å²) in [6.45, 7) is 0. The monoisotopic (exact) mass is 714 g/mol. The number of benzene rings is 8. The van der Waals surface area contributed by atoms with Crippen molar-refractivity contribution in [3.05, 3.63) is 182 Å².